The van der Waals surface area contributed by atoms with Gasteiger partial charge < -0.3 is 10.1 Å². The van der Waals surface area contributed by atoms with Crippen molar-refractivity contribution in [3.05, 3.63) is 65.2 Å². The number of esters is 1. The lowest BCUT2D eigenvalue weighted by Gasteiger charge is -2.27. The lowest BCUT2D eigenvalue weighted by atomic mass is 9.87. The van der Waals surface area contributed by atoms with E-state index in [4.69, 9.17) is 4.74 Å². The van der Waals surface area contributed by atoms with Crippen LogP contribution in [0, 0.1) is 0 Å². The van der Waals surface area contributed by atoms with Crippen LogP contribution in [0.5, 0.6) is 0 Å². The number of hydrogen-bond donors (Lipinski definition) is 1. The predicted octanol–water partition coefficient (Wildman–Crippen LogP) is 4.35. The highest BCUT2D eigenvalue weighted by molar-refractivity contribution is 5.89. The molecular formula is C19H21NO2. The van der Waals surface area contributed by atoms with Crippen molar-refractivity contribution >= 4 is 11.7 Å². The zero-order chi connectivity index (χ0) is 15.4. The molecule has 1 aliphatic rings. The van der Waals surface area contributed by atoms with Gasteiger partial charge in [-0.1, -0.05) is 24.3 Å². The van der Waals surface area contributed by atoms with E-state index in [-0.39, 0.29) is 5.97 Å². The lowest BCUT2D eigenvalue weighted by molar-refractivity contribution is 0.0526. The third-order valence-corrected chi connectivity index (χ3v) is 4.11. The van der Waals surface area contributed by atoms with Crippen LogP contribution in [0.3, 0.4) is 0 Å². The highest BCUT2D eigenvalue weighted by atomic mass is 16.5. The first-order valence-corrected chi connectivity index (χ1v) is 7.89. The number of ether oxygens (including phenoxy) is 1. The minimum absolute atomic E-state index is 0.267. The van der Waals surface area contributed by atoms with Gasteiger partial charge in [0.1, 0.15) is 0 Å². The summed E-state index contributed by atoms with van der Waals surface area (Å²) in [6.07, 6.45) is 3.50. The second kappa shape index (κ2) is 6.65. The van der Waals surface area contributed by atoms with Gasteiger partial charge in [0.05, 0.1) is 18.2 Å². The van der Waals surface area contributed by atoms with Crippen LogP contribution in [0.1, 0.15) is 47.3 Å². The van der Waals surface area contributed by atoms with E-state index in [0.717, 1.165) is 18.5 Å². The molecule has 0 saturated carbocycles. The zero-order valence-electron chi connectivity index (χ0n) is 12.8. The molecule has 2 aromatic carbocycles. The van der Waals surface area contributed by atoms with E-state index in [2.05, 4.69) is 29.6 Å². The third-order valence-electron chi connectivity index (χ3n) is 4.11. The maximum absolute atomic E-state index is 11.7. The van der Waals surface area contributed by atoms with Crippen molar-refractivity contribution in [2.45, 2.75) is 32.2 Å². The van der Waals surface area contributed by atoms with Gasteiger partial charge in [0.2, 0.25) is 0 Å². The van der Waals surface area contributed by atoms with Crippen molar-refractivity contribution in [2.75, 3.05) is 11.9 Å². The molecule has 0 amide bonds. The molecule has 0 radical (unpaired) electrons. The number of hydrogen-bond acceptors (Lipinski definition) is 3. The molecule has 0 spiro atoms. The van der Waals surface area contributed by atoms with E-state index >= 15 is 0 Å². The van der Waals surface area contributed by atoms with Crippen LogP contribution < -0.4 is 5.32 Å². The first kappa shape index (κ1) is 14.6. The number of carbonyl (C=O) groups is 1. The molecule has 1 unspecified atom stereocenters. The zero-order valence-corrected chi connectivity index (χ0v) is 12.8. The van der Waals surface area contributed by atoms with Gasteiger partial charge in [0.15, 0.2) is 0 Å². The molecule has 114 valence electrons. The molecule has 22 heavy (non-hydrogen) atoms. The largest absolute Gasteiger partial charge is 0.462 e. The number of anilines is 1. The minimum Gasteiger partial charge on any atom is -0.462 e. The fraction of sp³-hybridized carbons (Fsp3) is 0.316. The van der Waals surface area contributed by atoms with Crippen LogP contribution in [-0.4, -0.2) is 12.6 Å². The Kier molecular flexibility index (Phi) is 4.42. The summed E-state index contributed by atoms with van der Waals surface area (Å²) >= 11 is 0. The summed E-state index contributed by atoms with van der Waals surface area (Å²) in [6, 6.07) is 16.5. The molecule has 0 heterocycles. The molecule has 1 atom stereocenters. The molecule has 3 nitrogen and oxygen atoms in total. The molecule has 0 aromatic heterocycles. The number of nitrogens with one attached hydrogen (secondary N) is 1. The molecule has 3 heteroatoms. The molecular weight excluding hydrogens is 274 g/mol. The molecule has 1 aliphatic carbocycles. The van der Waals surface area contributed by atoms with Crippen molar-refractivity contribution in [3.63, 3.8) is 0 Å². The fourth-order valence-electron chi connectivity index (χ4n) is 3.02. The molecule has 0 fully saturated rings. The Morgan fingerprint density at radius 1 is 1.18 bits per heavy atom. The Balaban J connectivity index is 1.73. The average Bonchev–Trinajstić information content (AvgIpc) is 2.56. The maximum atomic E-state index is 11.7. The van der Waals surface area contributed by atoms with Gasteiger partial charge in [-0.2, -0.15) is 0 Å². The van der Waals surface area contributed by atoms with E-state index in [1.807, 2.05) is 31.2 Å². The standard InChI is InChI=1S/C19H21NO2/c1-2-22-19(21)15-10-12-16(13-11-15)20-18-9-5-7-14-6-3-4-8-17(14)18/h3-4,6,8,10-13,18,20H,2,5,7,9H2,1H3. The summed E-state index contributed by atoms with van der Waals surface area (Å²) in [7, 11) is 0. The molecule has 0 saturated heterocycles. The lowest BCUT2D eigenvalue weighted by Crippen LogP contribution is -2.17. The normalized spacial score (nSPS) is 16.7. The van der Waals surface area contributed by atoms with Crippen molar-refractivity contribution in [1.82, 2.24) is 0 Å². The van der Waals surface area contributed by atoms with Crippen LogP contribution in [0.15, 0.2) is 48.5 Å². The van der Waals surface area contributed by atoms with E-state index in [0.29, 0.717) is 18.2 Å². The van der Waals surface area contributed by atoms with Gasteiger partial charge in [0.25, 0.3) is 0 Å². The second-order valence-electron chi connectivity index (χ2n) is 5.59. The number of benzene rings is 2. The molecule has 3 rings (SSSR count). The number of carbonyl (C=O) groups excluding carboxylic acids is 1. The van der Waals surface area contributed by atoms with Crippen molar-refractivity contribution in [3.8, 4) is 0 Å². The Labute approximate surface area is 131 Å². The average molecular weight is 295 g/mol. The van der Waals surface area contributed by atoms with E-state index in [1.54, 1.807) is 0 Å². The highest BCUT2D eigenvalue weighted by Crippen LogP contribution is 2.32. The molecule has 2 aromatic rings. The predicted molar refractivity (Wildman–Crippen MR) is 88.1 cm³/mol. The number of fused-ring (bicyclic) bond motifs is 1. The summed E-state index contributed by atoms with van der Waals surface area (Å²) < 4.78 is 5.00. The first-order valence-electron chi connectivity index (χ1n) is 7.89. The second-order valence-corrected chi connectivity index (χ2v) is 5.59. The van der Waals surface area contributed by atoms with Gasteiger partial charge in [-0.15, -0.1) is 0 Å². The maximum Gasteiger partial charge on any atom is 0.338 e. The molecule has 0 aliphatic heterocycles. The fourth-order valence-corrected chi connectivity index (χ4v) is 3.02. The smallest absolute Gasteiger partial charge is 0.338 e. The number of aryl methyl sites for hydroxylation is 1. The molecule has 1 N–H and O–H groups in total. The third kappa shape index (κ3) is 3.14. The van der Waals surface area contributed by atoms with Crippen LogP contribution in [0.25, 0.3) is 0 Å². The van der Waals surface area contributed by atoms with E-state index in [1.165, 1.54) is 17.5 Å². The Hall–Kier alpha value is -2.29. The van der Waals surface area contributed by atoms with E-state index < -0.39 is 0 Å². The van der Waals surface area contributed by atoms with Crippen molar-refractivity contribution in [1.29, 1.82) is 0 Å². The van der Waals surface area contributed by atoms with Gasteiger partial charge >= 0.3 is 5.97 Å². The monoisotopic (exact) mass is 295 g/mol. The Morgan fingerprint density at radius 3 is 2.73 bits per heavy atom. The number of rotatable bonds is 4. The topological polar surface area (TPSA) is 38.3 Å². The molecule has 0 bridgehead atoms. The quantitative estimate of drug-likeness (QED) is 0.852. The van der Waals surface area contributed by atoms with Gasteiger partial charge in [-0.05, 0) is 61.6 Å². The van der Waals surface area contributed by atoms with Crippen LogP contribution in [-0.2, 0) is 11.2 Å². The summed E-state index contributed by atoms with van der Waals surface area (Å²) in [5, 5.41) is 3.58. The van der Waals surface area contributed by atoms with Gasteiger partial charge in [0, 0.05) is 5.69 Å². The van der Waals surface area contributed by atoms with Crippen LogP contribution in [0.2, 0.25) is 0 Å². The van der Waals surface area contributed by atoms with Gasteiger partial charge in [-0.25, -0.2) is 4.79 Å². The van der Waals surface area contributed by atoms with Crippen molar-refractivity contribution < 1.29 is 9.53 Å². The summed E-state index contributed by atoms with van der Waals surface area (Å²) in [4.78, 5) is 11.7. The summed E-state index contributed by atoms with van der Waals surface area (Å²) in [5.74, 6) is -0.267. The summed E-state index contributed by atoms with van der Waals surface area (Å²) in [5.41, 5.74) is 4.46. The first-order chi connectivity index (χ1) is 10.8. The SMILES string of the molecule is CCOC(=O)c1ccc(NC2CCCc3ccccc32)cc1. The van der Waals surface area contributed by atoms with E-state index in [9.17, 15) is 4.79 Å². The van der Waals surface area contributed by atoms with Crippen LogP contribution in [0.4, 0.5) is 5.69 Å². The summed E-state index contributed by atoms with van der Waals surface area (Å²) in [6.45, 7) is 2.21. The Bertz CT molecular complexity index is 649. The Morgan fingerprint density at radius 2 is 1.95 bits per heavy atom. The minimum atomic E-state index is -0.267. The van der Waals surface area contributed by atoms with Crippen LogP contribution >= 0.6 is 0 Å². The van der Waals surface area contributed by atoms with Crippen molar-refractivity contribution in [2.24, 2.45) is 0 Å². The van der Waals surface area contributed by atoms with Gasteiger partial charge in [-0.3, -0.25) is 0 Å². The highest BCUT2D eigenvalue weighted by Gasteiger charge is 2.19.